The van der Waals surface area contributed by atoms with E-state index in [4.69, 9.17) is 9.47 Å². The van der Waals surface area contributed by atoms with Crippen molar-refractivity contribution in [3.05, 3.63) is 23.8 Å². The molecule has 2 amide bonds. The van der Waals surface area contributed by atoms with E-state index in [1.807, 2.05) is 20.8 Å². The van der Waals surface area contributed by atoms with E-state index in [0.717, 1.165) is 0 Å². The molecule has 1 aliphatic heterocycles. The molecule has 0 unspecified atom stereocenters. The Hall–Kier alpha value is -2.24. The highest BCUT2D eigenvalue weighted by molar-refractivity contribution is 6.01. The second-order valence-electron chi connectivity index (χ2n) is 6.48. The summed E-state index contributed by atoms with van der Waals surface area (Å²) in [6, 6.07) is 5.18. The molecule has 0 saturated carbocycles. The third-order valence-corrected chi connectivity index (χ3v) is 3.96. The van der Waals surface area contributed by atoms with Gasteiger partial charge in [-0.2, -0.15) is 0 Å². The highest BCUT2D eigenvalue weighted by Gasteiger charge is 2.35. The van der Waals surface area contributed by atoms with Gasteiger partial charge in [-0.15, -0.1) is 0 Å². The summed E-state index contributed by atoms with van der Waals surface area (Å²) in [5.74, 6) is 0.590. The van der Waals surface area contributed by atoms with E-state index in [1.54, 1.807) is 28.0 Å². The number of piperazine rings is 1. The molecule has 0 atom stereocenters. The van der Waals surface area contributed by atoms with Crippen LogP contribution in [0.2, 0.25) is 0 Å². The van der Waals surface area contributed by atoms with E-state index in [2.05, 4.69) is 0 Å². The van der Waals surface area contributed by atoms with Crippen molar-refractivity contribution in [2.24, 2.45) is 0 Å². The number of amides is 2. The smallest absolute Gasteiger partial charge is 0.261 e. The predicted octanol–water partition coefficient (Wildman–Crippen LogP) is 1.79. The first-order valence-corrected chi connectivity index (χ1v) is 7.60. The zero-order valence-corrected chi connectivity index (χ0v) is 14.4. The fourth-order valence-electron chi connectivity index (χ4n) is 2.78. The Balaban J connectivity index is 2.25. The van der Waals surface area contributed by atoms with E-state index in [0.29, 0.717) is 30.2 Å². The molecule has 1 fully saturated rings. The molecule has 126 valence electrons. The lowest BCUT2D eigenvalue weighted by atomic mass is 10.0. The number of nitrogens with zero attached hydrogens (tertiary/aromatic N) is 2. The van der Waals surface area contributed by atoms with Gasteiger partial charge in [-0.25, -0.2) is 0 Å². The number of methoxy groups -OCH3 is 2. The average Bonchev–Trinajstić information content (AvgIpc) is 2.51. The van der Waals surface area contributed by atoms with Crippen LogP contribution in [0, 0.1) is 0 Å². The predicted molar refractivity (Wildman–Crippen MR) is 86.9 cm³/mol. The monoisotopic (exact) mass is 320 g/mol. The zero-order chi connectivity index (χ0) is 17.2. The van der Waals surface area contributed by atoms with Crippen LogP contribution in [0.3, 0.4) is 0 Å². The van der Waals surface area contributed by atoms with Crippen molar-refractivity contribution >= 4 is 11.8 Å². The molecule has 1 saturated heterocycles. The van der Waals surface area contributed by atoms with Crippen molar-refractivity contribution in [2.75, 3.05) is 33.9 Å². The number of benzene rings is 1. The van der Waals surface area contributed by atoms with Crippen molar-refractivity contribution in [1.29, 1.82) is 0 Å². The first kappa shape index (κ1) is 17.1. The molecule has 6 nitrogen and oxygen atoms in total. The second kappa shape index (κ2) is 6.48. The minimum absolute atomic E-state index is 0.0500. The quantitative estimate of drug-likeness (QED) is 0.852. The molecule has 0 aliphatic carbocycles. The van der Waals surface area contributed by atoms with E-state index < -0.39 is 0 Å². The molecule has 1 aromatic rings. The van der Waals surface area contributed by atoms with Crippen molar-refractivity contribution in [3.8, 4) is 11.5 Å². The first-order valence-electron chi connectivity index (χ1n) is 7.60. The van der Waals surface area contributed by atoms with E-state index in [-0.39, 0.29) is 23.9 Å². The molecule has 6 heteroatoms. The largest absolute Gasteiger partial charge is 0.496 e. The molecule has 2 rings (SSSR count). The number of ether oxygens (including phenoxy) is 2. The lowest BCUT2D eigenvalue weighted by Crippen LogP contribution is -2.58. The fourth-order valence-corrected chi connectivity index (χ4v) is 2.78. The van der Waals surface area contributed by atoms with Gasteiger partial charge < -0.3 is 19.3 Å². The van der Waals surface area contributed by atoms with Gasteiger partial charge in [0.2, 0.25) is 5.91 Å². The van der Waals surface area contributed by atoms with Crippen LogP contribution < -0.4 is 9.47 Å². The van der Waals surface area contributed by atoms with Crippen LogP contribution in [0.1, 0.15) is 31.1 Å². The number of hydrogen-bond donors (Lipinski definition) is 0. The van der Waals surface area contributed by atoms with Crippen molar-refractivity contribution in [1.82, 2.24) is 9.80 Å². The van der Waals surface area contributed by atoms with Crippen LogP contribution in [-0.2, 0) is 4.79 Å². The maximum atomic E-state index is 12.9. The van der Waals surface area contributed by atoms with Crippen LogP contribution in [0.5, 0.6) is 11.5 Å². The summed E-state index contributed by atoms with van der Waals surface area (Å²) in [6.07, 6.45) is 0. The van der Waals surface area contributed by atoms with Crippen LogP contribution in [0.25, 0.3) is 0 Å². The van der Waals surface area contributed by atoms with E-state index >= 15 is 0 Å². The van der Waals surface area contributed by atoms with Gasteiger partial charge in [0.15, 0.2) is 0 Å². The lowest BCUT2D eigenvalue weighted by molar-refractivity contribution is -0.140. The van der Waals surface area contributed by atoms with Crippen molar-refractivity contribution in [3.63, 3.8) is 0 Å². The molecule has 0 bridgehead atoms. The maximum Gasteiger partial charge on any atom is 0.261 e. The van der Waals surface area contributed by atoms with Crippen LogP contribution >= 0.6 is 0 Å². The van der Waals surface area contributed by atoms with Gasteiger partial charge in [-0.1, -0.05) is 6.07 Å². The Morgan fingerprint density at radius 3 is 2.09 bits per heavy atom. The molecule has 1 aliphatic rings. The summed E-state index contributed by atoms with van der Waals surface area (Å²) in [7, 11) is 3.02. The molecule has 0 radical (unpaired) electrons. The molecule has 1 heterocycles. The minimum Gasteiger partial charge on any atom is -0.496 e. The number of hydrogen-bond acceptors (Lipinski definition) is 4. The first-order chi connectivity index (χ1) is 10.8. The van der Waals surface area contributed by atoms with Crippen molar-refractivity contribution < 1.29 is 19.1 Å². The Bertz CT molecular complexity index is 585. The summed E-state index contributed by atoms with van der Waals surface area (Å²) in [4.78, 5) is 28.6. The summed E-state index contributed by atoms with van der Waals surface area (Å²) < 4.78 is 10.6. The number of carbonyl (C=O) groups is 2. The topological polar surface area (TPSA) is 59.1 Å². The number of carbonyl (C=O) groups excluding carboxylic acids is 2. The normalized spacial score (nSPS) is 15.6. The maximum absolute atomic E-state index is 12.9. The lowest BCUT2D eigenvalue weighted by Gasteiger charge is -2.42. The minimum atomic E-state index is -0.249. The number of rotatable bonds is 3. The Morgan fingerprint density at radius 1 is 1.09 bits per heavy atom. The summed E-state index contributed by atoms with van der Waals surface area (Å²) in [5, 5.41) is 0. The van der Waals surface area contributed by atoms with Gasteiger partial charge in [0.1, 0.15) is 23.6 Å². The molecule has 0 spiro atoms. The summed E-state index contributed by atoms with van der Waals surface area (Å²) in [5.41, 5.74) is 0.114. The van der Waals surface area contributed by atoms with Crippen LogP contribution in [0.15, 0.2) is 18.2 Å². The molecular formula is C17H24N2O4. The highest BCUT2D eigenvalue weighted by atomic mass is 16.5. The molecule has 0 N–H and O–H groups in total. The summed E-state index contributed by atoms with van der Waals surface area (Å²) in [6.45, 7) is 7.05. The Morgan fingerprint density at radius 2 is 1.65 bits per heavy atom. The SMILES string of the molecule is COc1cccc(OC)c1C(=O)N1CCN(C(C)(C)C)C(=O)C1. The Labute approximate surface area is 137 Å². The Kier molecular flexibility index (Phi) is 4.82. The standard InChI is InChI=1S/C17H24N2O4/c1-17(2,3)19-10-9-18(11-14(19)20)16(21)15-12(22-4)7-6-8-13(15)23-5/h6-8H,9-11H2,1-5H3. The third-order valence-electron chi connectivity index (χ3n) is 3.96. The third kappa shape index (κ3) is 3.41. The summed E-state index contributed by atoms with van der Waals surface area (Å²) >= 11 is 0. The molecule has 0 aromatic heterocycles. The van der Waals surface area contributed by atoms with Crippen LogP contribution in [0.4, 0.5) is 0 Å². The zero-order valence-electron chi connectivity index (χ0n) is 14.4. The van der Waals surface area contributed by atoms with Gasteiger partial charge in [0.25, 0.3) is 5.91 Å². The van der Waals surface area contributed by atoms with Gasteiger partial charge >= 0.3 is 0 Å². The molecular weight excluding hydrogens is 296 g/mol. The fraction of sp³-hybridized carbons (Fsp3) is 0.529. The molecule has 23 heavy (non-hydrogen) atoms. The van der Waals surface area contributed by atoms with Crippen molar-refractivity contribution in [2.45, 2.75) is 26.3 Å². The van der Waals surface area contributed by atoms with Gasteiger partial charge in [-0.05, 0) is 32.9 Å². The van der Waals surface area contributed by atoms with Crippen LogP contribution in [-0.4, -0.2) is 61.0 Å². The van der Waals surface area contributed by atoms with E-state index in [9.17, 15) is 9.59 Å². The average molecular weight is 320 g/mol. The van der Waals surface area contributed by atoms with Gasteiger partial charge in [0, 0.05) is 18.6 Å². The van der Waals surface area contributed by atoms with Gasteiger partial charge in [-0.3, -0.25) is 9.59 Å². The molecule has 1 aromatic carbocycles. The second-order valence-corrected chi connectivity index (χ2v) is 6.48. The highest BCUT2D eigenvalue weighted by Crippen LogP contribution is 2.30. The van der Waals surface area contributed by atoms with E-state index in [1.165, 1.54) is 14.2 Å². The van der Waals surface area contributed by atoms with Gasteiger partial charge in [0.05, 0.1) is 14.2 Å².